The Kier molecular flexibility index (Phi) is 7.87. The van der Waals surface area contributed by atoms with Gasteiger partial charge in [-0.15, -0.1) is 0 Å². The molecule has 2 aliphatic rings. The van der Waals surface area contributed by atoms with E-state index in [0.29, 0.717) is 17.7 Å². The summed E-state index contributed by atoms with van der Waals surface area (Å²) in [6, 6.07) is 7.02. The molecule has 0 spiro atoms. The van der Waals surface area contributed by atoms with Crippen LogP contribution in [0.1, 0.15) is 61.4 Å². The maximum absolute atomic E-state index is 14.9. The molecule has 1 aliphatic carbocycles. The second-order valence-corrected chi connectivity index (χ2v) is 11.8. The summed E-state index contributed by atoms with van der Waals surface area (Å²) in [7, 11) is -4.48. The number of para-hydroxylation sites is 1. The molecule has 2 heterocycles. The van der Waals surface area contributed by atoms with Crippen LogP contribution in [0, 0.1) is 28.8 Å². The Morgan fingerprint density at radius 1 is 1.02 bits per heavy atom. The molecule has 0 unspecified atom stereocenters. The number of carbonyl (C=O) groups excluding carboxylic acids is 1. The highest BCUT2D eigenvalue weighted by Crippen LogP contribution is 2.33. The third kappa shape index (κ3) is 5.31. The third-order valence-corrected chi connectivity index (χ3v) is 9.35. The molecule has 208 valence electrons. The summed E-state index contributed by atoms with van der Waals surface area (Å²) in [6.07, 6.45) is 8.88. The molecule has 2 aromatic carbocycles. The highest BCUT2D eigenvalue weighted by Gasteiger charge is 2.45. The molecule has 1 aliphatic heterocycles. The van der Waals surface area contributed by atoms with Gasteiger partial charge in [0.1, 0.15) is 17.9 Å². The molecule has 5 rings (SSSR count). The molecule has 12 heteroatoms. The zero-order chi connectivity index (χ0) is 28.4. The molecule has 2 fully saturated rings. The van der Waals surface area contributed by atoms with E-state index < -0.39 is 49.9 Å². The number of rotatable bonds is 7. The van der Waals surface area contributed by atoms with Gasteiger partial charge in [-0.1, -0.05) is 31.4 Å². The van der Waals surface area contributed by atoms with Crippen molar-refractivity contribution in [1.82, 2.24) is 14.3 Å². The van der Waals surface area contributed by atoms with Crippen molar-refractivity contribution >= 4 is 21.6 Å². The van der Waals surface area contributed by atoms with E-state index in [1.54, 1.807) is 18.5 Å². The van der Waals surface area contributed by atoms with Crippen molar-refractivity contribution in [3.63, 3.8) is 0 Å². The van der Waals surface area contributed by atoms with Crippen LogP contribution in [0.5, 0.6) is 0 Å². The number of nitriles is 1. The SMILES string of the molecule is N#Cc1cc(S(=O)(=O)N2CC[C@@H]2C(=O)N(Cc2cnc(C3CCCCC3)cn2)c2ccccc2F)cc(F)c1F. The summed E-state index contributed by atoms with van der Waals surface area (Å²) in [5.74, 6) is -4.02. The zero-order valence-corrected chi connectivity index (χ0v) is 22.2. The minimum atomic E-state index is -4.48. The lowest BCUT2D eigenvalue weighted by Crippen LogP contribution is -2.59. The van der Waals surface area contributed by atoms with Gasteiger partial charge in [0.15, 0.2) is 11.6 Å². The first-order valence-electron chi connectivity index (χ1n) is 13.0. The topological polar surface area (TPSA) is 107 Å². The molecule has 3 aromatic rings. The molecule has 0 N–H and O–H groups in total. The Balaban J connectivity index is 1.42. The van der Waals surface area contributed by atoms with E-state index in [2.05, 4.69) is 9.97 Å². The average molecular weight is 570 g/mol. The maximum Gasteiger partial charge on any atom is 0.245 e. The van der Waals surface area contributed by atoms with Crippen LogP contribution in [0.2, 0.25) is 0 Å². The summed E-state index contributed by atoms with van der Waals surface area (Å²) in [6.45, 7) is -0.230. The van der Waals surface area contributed by atoms with Crippen molar-refractivity contribution in [2.75, 3.05) is 11.4 Å². The highest BCUT2D eigenvalue weighted by atomic mass is 32.2. The number of hydrogen-bond donors (Lipinski definition) is 0. The van der Waals surface area contributed by atoms with E-state index in [4.69, 9.17) is 5.26 Å². The highest BCUT2D eigenvalue weighted by molar-refractivity contribution is 7.89. The third-order valence-electron chi connectivity index (χ3n) is 7.46. The predicted octanol–water partition coefficient (Wildman–Crippen LogP) is 4.81. The standard InChI is InChI=1S/C28H26F3N5O3S/c29-22-8-4-5-9-25(22)35(17-20-15-34-24(16-33-20)18-6-2-1-3-7-18)28(37)26-10-11-36(26)40(38,39)21-12-19(14-32)27(31)23(30)13-21/h4-5,8-9,12-13,15-16,18,26H,1-3,6-7,10-11,17H2/t26-/m1/s1. The van der Waals surface area contributed by atoms with Crippen LogP contribution in [-0.4, -0.2) is 41.2 Å². The first-order valence-corrected chi connectivity index (χ1v) is 14.4. The van der Waals surface area contributed by atoms with E-state index in [1.807, 2.05) is 0 Å². The summed E-state index contributed by atoms with van der Waals surface area (Å²) < 4.78 is 70.2. The molecular weight excluding hydrogens is 543 g/mol. The Bertz CT molecular complexity index is 1570. The van der Waals surface area contributed by atoms with Crippen molar-refractivity contribution in [2.24, 2.45) is 0 Å². The molecule has 1 saturated carbocycles. The largest absolute Gasteiger partial charge is 0.302 e. The van der Waals surface area contributed by atoms with Gasteiger partial charge in [-0.25, -0.2) is 21.6 Å². The van der Waals surface area contributed by atoms with E-state index in [9.17, 15) is 26.4 Å². The van der Waals surface area contributed by atoms with Crippen molar-refractivity contribution in [3.8, 4) is 6.07 Å². The molecule has 0 radical (unpaired) electrons. The first-order chi connectivity index (χ1) is 19.2. The van der Waals surface area contributed by atoms with Crippen LogP contribution in [0.3, 0.4) is 0 Å². The number of carbonyl (C=O) groups is 1. The summed E-state index contributed by atoms with van der Waals surface area (Å²) in [5.41, 5.74) is 0.426. The Morgan fingerprint density at radius 3 is 2.40 bits per heavy atom. The number of halogens is 3. The fourth-order valence-corrected chi connectivity index (χ4v) is 6.84. The number of anilines is 1. The molecule has 0 bridgehead atoms. The molecule has 1 saturated heterocycles. The van der Waals surface area contributed by atoms with Gasteiger partial charge < -0.3 is 4.90 Å². The summed E-state index contributed by atoms with van der Waals surface area (Å²) >= 11 is 0. The Morgan fingerprint density at radius 2 is 1.77 bits per heavy atom. The molecule has 1 aromatic heterocycles. The monoisotopic (exact) mass is 569 g/mol. The summed E-state index contributed by atoms with van der Waals surface area (Å²) in [5, 5.41) is 9.07. The van der Waals surface area contributed by atoms with Crippen LogP contribution in [-0.2, 0) is 21.4 Å². The van der Waals surface area contributed by atoms with Gasteiger partial charge in [0.05, 0.1) is 40.3 Å². The fourth-order valence-electron chi connectivity index (χ4n) is 5.18. The van der Waals surface area contributed by atoms with Gasteiger partial charge in [0.25, 0.3) is 0 Å². The minimum absolute atomic E-state index is 0.0606. The van der Waals surface area contributed by atoms with Gasteiger partial charge in [-0.3, -0.25) is 14.8 Å². The van der Waals surface area contributed by atoms with Gasteiger partial charge in [0.2, 0.25) is 15.9 Å². The van der Waals surface area contributed by atoms with Crippen LogP contribution in [0.25, 0.3) is 0 Å². The molecular formula is C28H26F3N5O3S. The Labute approximate surface area is 230 Å². The fraction of sp³-hybridized carbons (Fsp3) is 0.357. The van der Waals surface area contributed by atoms with Crippen molar-refractivity contribution < 1.29 is 26.4 Å². The second-order valence-electron chi connectivity index (χ2n) is 9.94. The molecule has 8 nitrogen and oxygen atoms in total. The van der Waals surface area contributed by atoms with Gasteiger partial charge in [-0.05, 0) is 43.5 Å². The molecule has 1 atom stereocenters. The maximum atomic E-state index is 14.9. The number of aromatic nitrogens is 2. The number of sulfonamides is 1. The van der Waals surface area contributed by atoms with E-state index >= 15 is 0 Å². The predicted molar refractivity (Wildman–Crippen MR) is 139 cm³/mol. The molecule has 1 amide bonds. The lowest BCUT2D eigenvalue weighted by Gasteiger charge is -2.41. The van der Waals surface area contributed by atoms with Gasteiger partial charge >= 0.3 is 0 Å². The zero-order valence-electron chi connectivity index (χ0n) is 21.4. The van der Waals surface area contributed by atoms with Crippen molar-refractivity contribution in [2.45, 2.75) is 61.9 Å². The lowest BCUT2D eigenvalue weighted by molar-refractivity contribution is -0.125. The van der Waals surface area contributed by atoms with Crippen LogP contribution < -0.4 is 4.90 Å². The Hall–Kier alpha value is -3.82. The number of benzene rings is 2. The van der Waals surface area contributed by atoms with Gasteiger partial charge in [0, 0.05) is 18.7 Å². The van der Waals surface area contributed by atoms with E-state index in [1.165, 1.54) is 30.7 Å². The van der Waals surface area contributed by atoms with Crippen LogP contribution >= 0.6 is 0 Å². The smallest absolute Gasteiger partial charge is 0.245 e. The second kappa shape index (κ2) is 11.3. The molecule has 40 heavy (non-hydrogen) atoms. The van der Waals surface area contributed by atoms with E-state index in [-0.39, 0.29) is 25.2 Å². The average Bonchev–Trinajstić information content (AvgIpc) is 2.93. The van der Waals surface area contributed by atoms with Crippen LogP contribution in [0.15, 0.2) is 53.7 Å². The van der Waals surface area contributed by atoms with Crippen LogP contribution in [0.4, 0.5) is 18.9 Å². The normalized spacial score (nSPS) is 18.1. The van der Waals surface area contributed by atoms with Crippen molar-refractivity contribution in [1.29, 1.82) is 5.26 Å². The minimum Gasteiger partial charge on any atom is -0.302 e. The number of hydrogen-bond acceptors (Lipinski definition) is 6. The van der Waals surface area contributed by atoms with Gasteiger partial charge in [-0.2, -0.15) is 9.57 Å². The summed E-state index contributed by atoms with van der Waals surface area (Å²) in [4.78, 5) is 23.2. The number of nitrogens with zero attached hydrogens (tertiary/aromatic N) is 5. The van der Waals surface area contributed by atoms with E-state index in [0.717, 1.165) is 46.6 Å². The van der Waals surface area contributed by atoms with Crippen molar-refractivity contribution in [3.05, 3.63) is 83.2 Å². The lowest BCUT2D eigenvalue weighted by atomic mass is 9.87. The number of amides is 1. The first kappa shape index (κ1) is 27.7. The quantitative estimate of drug-likeness (QED) is 0.404.